The van der Waals surface area contributed by atoms with Gasteiger partial charge in [-0.05, 0) is 12.1 Å². The van der Waals surface area contributed by atoms with Gasteiger partial charge in [0.2, 0.25) is 0 Å². The lowest BCUT2D eigenvalue weighted by molar-refractivity contribution is -0.384. The zero-order chi connectivity index (χ0) is 17.1. The number of benzene rings is 1. The van der Waals surface area contributed by atoms with Gasteiger partial charge in [-0.3, -0.25) is 24.4 Å². The molecule has 120 valence electrons. The third-order valence-corrected chi connectivity index (χ3v) is 3.24. The summed E-state index contributed by atoms with van der Waals surface area (Å²) in [5.74, 6) is -1.09. The number of nitro groups is 1. The highest BCUT2D eigenvalue weighted by atomic mass is 35.5. The van der Waals surface area contributed by atoms with Crippen molar-refractivity contribution in [2.45, 2.75) is 0 Å². The first-order chi connectivity index (χ1) is 10.8. The van der Waals surface area contributed by atoms with Gasteiger partial charge in [-0.2, -0.15) is 5.10 Å². The molecule has 23 heavy (non-hydrogen) atoms. The Morgan fingerprint density at radius 2 is 2.04 bits per heavy atom. The van der Waals surface area contributed by atoms with Gasteiger partial charge in [0.15, 0.2) is 5.69 Å². The summed E-state index contributed by atoms with van der Waals surface area (Å²) in [6.45, 7) is 0. The topological polar surface area (TPSA) is 119 Å². The van der Waals surface area contributed by atoms with E-state index >= 15 is 0 Å². The van der Waals surface area contributed by atoms with Crippen molar-refractivity contribution in [3.63, 3.8) is 0 Å². The van der Waals surface area contributed by atoms with Crippen LogP contribution in [0.25, 0.3) is 0 Å². The first kappa shape index (κ1) is 16.4. The largest absolute Gasteiger partial charge is 0.354 e. The molecule has 2 amide bonds. The predicted molar refractivity (Wildman–Crippen MR) is 82.7 cm³/mol. The van der Waals surface area contributed by atoms with Crippen LogP contribution in [0.4, 0.5) is 11.4 Å². The zero-order valence-electron chi connectivity index (χ0n) is 12.2. The smallest absolute Gasteiger partial charge is 0.288 e. The number of aryl methyl sites for hydroxylation is 1. The maximum Gasteiger partial charge on any atom is 0.288 e. The number of carbonyl (C=O) groups is 2. The van der Waals surface area contributed by atoms with Crippen LogP contribution in [0.1, 0.15) is 20.8 Å². The van der Waals surface area contributed by atoms with E-state index in [1.54, 1.807) is 7.05 Å². The minimum absolute atomic E-state index is 0.0341. The van der Waals surface area contributed by atoms with Gasteiger partial charge < -0.3 is 10.6 Å². The standard InChI is InChI=1S/C13H12ClN5O4/c1-15-13(21)11-9(6-18(2)17-11)16-12(20)7-3-4-8(14)10(5-7)19(22)23/h3-6H,1-2H3,(H,15,21)(H,16,20). The average molecular weight is 338 g/mol. The highest BCUT2D eigenvalue weighted by Gasteiger charge is 2.20. The van der Waals surface area contributed by atoms with Crippen LogP contribution in [-0.4, -0.2) is 33.6 Å². The van der Waals surface area contributed by atoms with E-state index in [4.69, 9.17) is 11.6 Å². The number of nitro benzene ring substituents is 1. The molecule has 0 unspecified atom stereocenters. The fraction of sp³-hybridized carbons (Fsp3) is 0.154. The van der Waals surface area contributed by atoms with Gasteiger partial charge in [-0.1, -0.05) is 11.6 Å². The molecular formula is C13H12ClN5O4. The summed E-state index contributed by atoms with van der Waals surface area (Å²) in [7, 11) is 3.03. The molecule has 0 aliphatic rings. The SMILES string of the molecule is CNC(=O)c1nn(C)cc1NC(=O)c1ccc(Cl)c([N+](=O)[O-])c1. The first-order valence-electron chi connectivity index (χ1n) is 6.34. The lowest BCUT2D eigenvalue weighted by Crippen LogP contribution is -2.21. The zero-order valence-corrected chi connectivity index (χ0v) is 12.9. The van der Waals surface area contributed by atoms with Gasteiger partial charge >= 0.3 is 0 Å². The van der Waals surface area contributed by atoms with E-state index in [-0.39, 0.29) is 27.7 Å². The minimum atomic E-state index is -0.681. The molecule has 2 rings (SSSR count). The Morgan fingerprint density at radius 3 is 2.65 bits per heavy atom. The Kier molecular flexibility index (Phi) is 4.60. The number of nitrogens with one attached hydrogen (secondary N) is 2. The van der Waals surface area contributed by atoms with Crippen LogP contribution in [0.2, 0.25) is 5.02 Å². The van der Waals surface area contributed by atoms with Crippen molar-refractivity contribution in [3.8, 4) is 0 Å². The van der Waals surface area contributed by atoms with Crippen LogP contribution in [-0.2, 0) is 7.05 Å². The van der Waals surface area contributed by atoms with E-state index in [0.717, 1.165) is 6.07 Å². The molecule has 1 aromatic heterocycles. The number of amides is 2. The molecule has 1 aromatic carbocycles. The van der Waals surface area contributed by atoms with Gasteiger partial charge in [0.1, 0.15) is 5.02 Å². The summed E-state index contributed by atoms with van der Waals surface area (Å²) in [6, 6.07) is 3.67. The van der Waals surface area contributed by atoms with Crippen molar-refractivity contribution in [2.24, 2.45) is 7.05 Å². The molecule has 10 heteroatoms. The van der Waals surface area contributed by atoms with Crippen molar-refractivity contribution >= 4 is 34.8 Å². The normalized spacial score (nSPS) is 10.2. The van der Waals surface area contributed by atoms with Gasteiger partial charge in [0.25, 0.3) is 17.5 Å². The summed E-state index contributed by atoms with van der Waals surface area (Å²) < 4.78 is 1.37. The Balaban J connectivity index is 2.31. The second kappa shape index (κ2) is 6.44. The first-order valence-corrected chi connectivity index (χ1v) is 6.72. The highest BCUT2D eigenvalue weighted by molar-refractivity contribution is 6.32. The third-order valence-electron chi connectivity index (χ3n) is 2.92. The molecule has 0 saturated heterocycles. The van der Waals surface area contributed by atoms with E-state index < -0.39 is 16.7 Å². The monoisotopic (exact) mass is 337 g/mol. The van der Waals surface area contributed by atoms with Crippen LogP contribution in [0.3, 0.4) is 0 Å². The van der Waals surface area contributed by atoms with Gasteiger partial charge in [-0.25, -0.2) is 0 Å². The second-order valence-corrected chi connectivity index (χ2v) is 4.93. The number of aromatic nitrogens is 2. The molecule has 0 bridgehead atoms. The molecule has 0 spiro atoms. The molecule has 2 N–H and O–H groups in total. The maximum atomic E-state index is 12.2. The molecular weight excluding hydrogens is 326 g/mol. The van der Waals surface area contributed by atoms with E-state index in [1.165, 1.54) is 30.1 Å². The van der Waals surface area contributed by atoms with Crippen LogP contribution in [0, 0.1) is 10.1 Å². The maximum absolute atomic E-state index is 12.2. The predicted octanol–water partition coefficient (Wildman–Crippen LogP) is 1.59. The number of anilines is 1. The number of nitrogens with zero attached hydrogens (tertiary/aromatic N) is 3. The Hall–Kier alpha value is -2.94. The van der Waals surface area contributed by atoms with E-state index in [1.807, 2.05) is 0 Å². The number of rotatable bonds is 4. The quantitative estimate of drug-likeness (QED) is 0.648. The molecule has 0 aliphatic carbocycles. The van der Waals surface area contributed by atoms with Gasteiger partial charge in [-0.15, -0.1) is 0 Å². The Labute approximate surface area is 135 Å². The van der Waals surface area contributed by atoms with E-state index in [2.05, 4.69) is 15.7 Å². The Morgan fingerprint density at radius 1 is 1.35 bits per heavy atom. The second-order valence-electron chi connectivity index (χ2n) is 4.52. The molecule has 0 radical (unpaired) electrons. The average Bonchev–Trinajstić information content (AvgIpc) is 2.87. The van der Waals surface area contributed by atoms with Crippen LogP contribution in [0.15, 0.2) is 24.4 Å². The fourth-order valence-corrected chi connectivity index (χ4v) is 2.04. The van der Waals surface area contributed by atoms with Gasteiger partial charge in [0, 0.05) is 31.9 Å². The van der Waals surface area contributed by atoms with Crippen molar-refractivity contribution in [1.29, 1.82) is 0 Å². The third kappa shape index (κ3) is 3.46. The van der Waals surface area contributed by atoms with Crippen molar-refractivity contribution in [2.75, 3.05) is 12.4 Å². The fourth-order valence-electron chi connectivity index (χ4n) is 1.85. The van der Waals surface area contributed by atoms with Crippen molar-refractivity contribution < 1.29 is 14.5 Å². The number of hydrogen-bond acceptors (Lipinski definition) is 5. The van der Waals surface area contributed by atoms with E-state index in [9.17, 15) is 19.7 Å². The number of carbonyl (C=O) groups excluding carboxylic acids is 2. The lowest BCUT2D eigenvalue weighted by Gasteiger charge is -2.05. The summed E-state index contributed by atoms with van der Waals surface area (Å²) >= 11 is 5.71. The summed E-state index contributed by atoms with van der Waals surface area (Å²) in [6.07, 6.45) is 1.45. The van der Waals surface area contributed by atoms with Crippen LogP contribution >= 0.6 is 11.6 Å². The van der Waals surface area contributed by atoms with Crippen LogP contribution in [0.5, 0.6) is 0 Å². The lowest BCUT2D eigenvalue weighted by atomic mass is 10.2. The molecule has 0 fully saturated rings. The summed E-state index contributed by atoms with van der Waals surface area (Å²) in [5.41, 5.74) is -0.119. The summed E-state index contributed by atoms with van der Waals surface area (Å²) in [4.78, 5) is 34.1. The van der Waals surface area contributed by atoms with Crippen LogP contribution < -0.4 is 10.6 Å². The molecule has 0 saturated carbocycles. The molecule has 0 aliphatic heterocycles. The number of halogens is 1. The summed E-state index contributed by atoms with van der Waals surface area (Å²) in [5, 5.41) is 19.6. The minimum Gasteiger partial charge on any atom is -0.354 e. The number of hydrogen-bond donors (Lipinski definition) is 2. The molecule has 1 heterocycles. The molecule has 0 atom stereocenters. The van der Waals surface area contributed by atoms with E-state index in [0.29, 0.717) is 0 Å². The van der Waals surface area contributed by atoms with Crippen molar-refractivity contribution in [1.82, 2.24) is 15.1 Å². The van der Waals surface area contributed by atoms with Gasteiger partial charge in [0.05, 0.1) is 10.6 Å². The molecule has 9 nitrogen and oxygen atoms in total. The van der Waals surface area contributed by atoms with Crippen molar-refractivity contribution in [3.05, 3.63) is 50.8 Å². The Bertz CT molecular complexity index is 802. The highest BCUT2D eigenvalue weighted by Crippen LogP contribution is 2.25. The molecule has 2 aromatic rings.